The highest BCUT2D eigenvalue weighted by atomic mass is 32.1. The van der Waals surface area contributed by atoms with Crippen LogP contribution < -0.4 is 0 Å². The van der Waals surface area contributed by atoms with Crippen molar-refractivity contribution in [2.24, 2.45) is 0 Å². The summed E-state index contributed by atoms with van der Waals surface area (Å²) < 4.78 is 11.2. The third kappa shape index (κ3) is 4.43. The second-order valence-corrected chi connectivity index (χ2v) is 15.9. The van der Waals surface area contributed by atoms with Gasteiger partial charge in [0.05, 0.1) is 22.2 Å². The van der Waals surface area contributed by atoms with E-state index in [4.69, 9.17) is 14.4 Å². The van der Waals surface area contributed by atoms with E-state index in [9.17, 15) is 0 Å². The van der Waals surface area contributed by atoms with Crippen LogP contribution in [0, 0.1) is 0 Å². The molecule has 0 bridgehead atoms. The van der Waals surface area contributed by atoms with Crippen LogP contribution in [0.25, 0.3) is 125 Å². The fourth-order valence-corrected chi connectivity index (χ4v) is 10.4. The van der Waals surface area contributed by atoms with E-state index in [1.54, 1.807) is 0 Å². The van der Waals surface area contributed by atoms with Crippen LogP contribution in [0.4, 0.5) is 0 Å². The first-order chi connectivity index (χ1) is 28.2. The summed E-state index contributed by atoms with van der Waals surface area (Å²) >= 11 is 1.81. The molecule has 9 aromatic carbocycles. The van der Waals surface area contributed by atoms with Crippen LogP contribution >= 0.6 is 11.3 Å². The van der Waals surface area contributed by atoms with E-state index >= 15 is 0 Å². The minimum absolute atomic E-state index is 0.698. The Bertz CT molecular complexity index is 3830. The average Bonchev–Trinajstić information content (AvgIpc) is 3.95. The average molecular weight is 744 g/mol. The van der Waals surface area contributed by atoms with Gasteiger partial charge in [-0.2, -0.15) is 0 Å². The number of hydrogen-bond donors (Lipinski definition) is 0. The van der Waals surface area contributed by atoms with Gasteiger partial charge in [-0.25, -0.2) is 9.97 Å². The maximum Gasteiger partial charge on any atom is 0.161 e. The van der Waals surface area contributed by atoms with Crippen molar-refractivity contribution in [3.05, 3.63) is 176 Å². The van der Waals surface area contributed by atoms with Crippen molar-refractivity contribution >= 4 is 108 Å². The molecule has 0 fully saturated rings. The molecule has 13 rings (SSSR count). The predicted octanol–water partition coefficient (Wildman–Crippen LogP) is 14.6. The molecule has 0 spiro atoms. The molecule has 4 heterocycles. The zero-order valence-corrected chi connectivity index (χ0v) is 31.2. The van der Waals surface area contributed by atoms with Crippen molar-refractivity contribution < 1.29 is 4.42 Å². The Morgan fingerprint density at radius 1 is 0.456 bits per heavy atom. The summed E-state index contributed by atoms with van der Waals surface area (Å²) in [5.41, 5.74) is 8.95. The van der Waals surface area contributed by atoms with Gasteiger partial charge >= 0.3 is 0 Å². The van der Waals surface area contributed by atoms with Crippen LogP contribution in [0.2, 0.25) is 0 Å². The summed E-state index contributed by atoms with van der Waals surface area (Å²) in [5, 5.41) is 13.1. The highest BCUT2D eigenvalue weighted by Gasteiger charge is 2.22. The lowest BCUT2D eigenvalue weighted by molar-refractivity contribution is 0.669. The Morgan fingerprint density at radius 3 is 2.07 bits per heavy atom. The molecule has 0 amide bonds. The summed E-state index contributed by atoms with van der Waals surface area (Å²) in [5.74, 6) is 0.698. The van der Waals surface area contributed by atoms with Gasteiger partial charge in [0.15, 0.2) is 5.82 Å². The number of furan rings is 1. The Morgan fingerprint density at radius 2 is 1.14 bits per heavy atom. The zero-order chi connectivity index (χ0) is 37.2. The van der Waals surface area contributed by atoms with Gasteiger partial charge in [0.2, 0.25) is 0 Å². The van der Waals surface area contributed by atoms with E-state index in [1.807, 2.05) is 23.5 Å². The van der Waals surface area contributed by atoms with Gasteiger partial charge in [0.1, 0.15) is 11.2 Å². The summed E-state index contributed by atoms with van der Waals surface area (Å²) in [4.78, 5) is 10.8. The van der Waals surface area contributed by atoms with Crippen molar-refractivity contribution in [2.45, 2.75) is 0 Å². The van der Waals surface area contributed by atoms with Crippen LogP contribution in [-0.2, 0) is 0 Å². The molecular weight excluding hydrogens is 715 g/mol. The number of thiophene rings is 1. The molecular formula is C52H29N3OS. The lowest BCUT2D eigenvalue weighted by Gasteiger charge is -2.14. The Hall–Kier alpha value is -7.34. The van der Waals surface area contributed by atoms with Crippen molar-refractivity contribution in [3.8, 4) is 28.3 Å². The molecule has 4 aromatic heterocycles. The lowest BCUT2D eigenvalue weighted by Crippen LogP contribution is -1.99. The van der Waals surface area contributed by atoms with E-state index in [-0.39, 0.29) is 0 Å². The highest BCUT2D eigenvalue weighted by molar-refractivity contribution is 7.26. The number of rotatable bonds is 3. The maximum absolute atomic E-state index is 6.37. The van der Waals surface area contributed by atoms with E-state index in [0.29, 0.717) is 5.82 Å². The van der Waals surface area contributed by atoms with Gasteiger partial charge in [-0.15, -0.1) is 11.3 Å². The van der Waals surface area contributed by atoms with Gasteiger partial charge in [-0.05, 0) is 64.7 Å². The van der Waals surface area contributed by atoms with Crippen molar-refractivity contribution in [2.75, 3.05) is 0 Å². The minimum atomic E-state index is 0.698. The molecule has 0 aliphatic rings. The van der Waals surface area contributed by atoms with E-state index < -0.39 is 0 Å². The molecule has 4 nitrogen and oxygen atoms in total. The molecule has 0 unspecified atom stereocenters. The highest BCUT2D eigenvalue weighted by Crippen LogP contribution is 2.45. The van der Waals surface area contributed by atoms with Crippen LogP contribution in [-0.4, -0.2) is 14.5 Å². The number of fused-ring (bicyclic) bond motifs is 14. The van der Waals surface area contributed by atoms with Crippen molar-refractivity contribution in [1.29, 1.82) is 0 Å². The number of para-hydroxylation sites is 3. The smallest absolute Gasteiger partial charge is 0.161 e. The lowest BCUT2D eigenvalue weighted by atomic mass is 9.99. The zero-order valence-electron chi connectivity index (χ0n) is 30.4. The molecule has 0 N–H and O–H groups in total. The second kappa shape index (κ2) is 11.6. The summed E-state index contributed by atoms with van der Waals surface area (Å²) in [6.07, 6.45) is 0. The molecule has 0 radical (unpaired) electrons. The first-order valence-corrected chi connectivity index (χ1v) is 20.0. The Labute approximate surface area is 329 Å². The first kappa shape index (κ1) is 30.9. The molecule has 5 heteroatoms. The van der Waals surface area contributed by atoms with Gasteiger partial charge in [0.25, 0.3) is 0 Å². The quantitative estimate of drug-likeness (QED) is 0.169. The van der Waals surface area contributed by atoms with Crippen LogP contribution in [0.3, 0.4) is 0 Å². The molecule has 0 atom stereocenters. The van der Waals surface area contributed by atoms with Crippen molar-refractivity contribution in [1.82, 2.24) is 14.5 Å². The van der Waals surface area contributed by atoms with Crippen LogP contribution in [0.15, 0.2) is 180 Å². The standard InChI is InChI=1S/C52H29N3OS/c1-2-12-33-30(11-1)21-24-39-34(33)25-26-40-35-13-4-8-18-45(35)55(50(39)40)32-28-42-38-15-6-10-20-48(38)57-51(42)43(29-32)52-53-44-17-7-3-16-41(44)49(54-52)31-22-23-37-36-14-5-9-19-46(36)56-47(37)27-31/h1-29H. The van der Waals surface area contributed by atoms with Crippen LogP contribution in [0.1, 0.15) is 0 Å². The van der Waals surface area contributed by atoms with E-state index in [1.165, 1.54) is 58.0 Å². The molecule has 0 aliphatic carbocycles. The Kier molecular flexibility index (Phi) is 6.29. The Balaban J connectivity index is 1.13. The monoisotopic (exact) mass is 743 g/mol. The van der Waals surface area contributed by atoms with E-state index in [0.717, 1.165) is 60.9 Å². The largest absolute Gasteiger partial charge is 0.456 e. The van der Waals surface area contributed by atoms with Gasteiger partial charge in [-0.3, -0.25) is 0 Å². The number of benzene rings is 9. The third-order valence-electron chi connectivity index (χ3n) is 11.8. The second-order valence-electron chi connectivity index (χ2n) is 14.9. The molecule has 57 heavy (non-hydrogen) atoms. The first-order valence-electron chi connectivity index (χ1n) is 19.2. The molecule has 0 saturated carbocycles. The molecule has 0 saturated heterocycles. The van der Waals surface area contributed by atoms with Gasteiger partial charge in [0, 0.05) is 69.3 Å². The van der Waals surface area contributed by atoms with Gasteiger partial charge in [-0.1, -0.05) is 127 Å². The number of aromatic nitrogens is 3. The van der Waals surface area contributed by atoms with Gasteiger partial charge < -0.3 is 8.98 Å². The maximum atomic E-state index is 6.37. The summed E-state index contributed by atoms with van der Waals surface area (Å²) in [7, 11) is 0. The summed E-state index contributed by atoms with van der Waals surface area (Å²) in [6, 6.07) is 63.1. The van der Waals surface area contributed by atoms with Crippen molar-refractivity contribution in [3.63, 3.8) is 0 Å². The number of hydrogen-bond acceptors (Lipinski definition) is 4. The third-order valence-corrected chi connectivity index (χ3v) is 13.0. The fourth-order valence-electron chi connectivity index (χ4n) is 9.21. The van der Waals surface area contributed by atoms with Crippen LogP contribution in [0.5, 0.6) is 0 Å². The normalized spacial score (nSPS) is 12.2. The molecule has 13 aromatic rings. The number of nitrogens with zero attached hydrogens (tertiary/aromatic N) is 3. The topological polar surface area (TPSA) is 43.9 Å². The molecule has 0 aliphatic heterocycles. The van der Waals surface area contributed by atoms with E-state index in [2.05, 4.69) is 168 Å². The summed E-state index contributed by atoms with van der Waals surface area (Å²) in [6.45, 7) is 0. The fraction of sp³-hybridized carbons (Fsp3) is 0. The minimum Gasteiger partial charge on any atom is -0.456 e. The predicted molar refractivity (Wildman–Crippen MR) is 240 cm³/mol. The SMILES string of the molecule is c1ccc2c(c1)ccc1c2ccc2c3ccccc3n(-c3cc(-c4nc(-c5ccc6c(c5)oc5ccccc56)c5ccccc5n4)c4sc5ccccc5c4c3)c12. The molecule has 264 valence electrons.